The molecule has 0 spiro atoms. The predicted octanol–water partition coefficient (Wildman–Crippen LogP) is 2.77. The van der Waals surface area contributed by atoms with Gasteiger partial charge in [0.25, 0.3) is 0 Å². The number of pyridine rings is 1. The second kappa shape index (κ2) is 6.60. The summed E-state index contributed by atoms with van der Waals surface area (Å²) < 4.78 is 6.82. The predicted molar refractivity (Wildman–Crippen MR) is 104 cm³/mol. The largest absolute Gasteiger partial charge is 0.454 e. The highest BCUT2D eigenvalue weighted by atomic mass is 16.5. The lowest BCUT2D eigenvalue weighted by molar-refractivity contribution is -0.117. The molecule has 0 saturated carbocycles. The number of aromatic nitrogens is 3. The van der Waals surface area contributed by atoms with Crippen LogP contribution in [0.25, 0.3) is 5.65 Å². The van der Waals surface area contributed by atoms with E-state index in [-0.39, 0.29) is 17.8 Å². The minimum Gasteiger partial charge on any atom is -0.454 e. The van der Waals surface area contributed by atoms with Crippen LogP contribution in [0, 0.1) is 0 Å². The Labute approximate surface area is 162 Å². The molecule has 7 nitrogen and oxygen atoms in total. The summed E-state index contributed by atoms with van der Waals surface area (Å²) >= 11 is 0. The first-order valence-electron chi connectivity index (χ1n) is 8.92. The number of ether oxygens (including phenoxy) is 1. The third-order valence-electron chi connectivity index (χ3n) is 5.11. The maximum absolute atomic E-state index is 12.5. The highest BCUT2D eigenvalue weighted by Gasteiger charge is 2.38. The van der Waals surface area contributed by atoms with Crippen LogP contribution in [0.2, 0.25) is 0 Å². The summed E-state index contributed by atoms with van der Waals surface area (Å²) in [4.78, 5) is 26.8. The highest BCUT2D eigenvalue weighted by Crippen LogP contribution is 2.46. The number of ketones is 1. The van der Waals surface area contributed by atoms with Gasteiger partial charge in [0.1, 0.15) is 6.33 Å². The maximum Gasteiger partial charge on any atom is 0.340 e. The van der Waals surface area contributed by atoms with Crippen LogP contribution in [-0.2, 0) is 14.9 Å². The van der Waals surface area contributed by atoms with Crippen LogP contribution >= 0.6 is 0 Å². The summed E-state index contributed by atoms with van der Waals surface area (Å²) in [6.45, 7) is 3.84. The lowest BCUT2D eigenvalue weighted by atomic mass is 9.83. The van der Waals surface area contributed by atoms with E-state index < -0.39 is 5.97 Å². The van der Waals surface area contributed by atoms with Gasteiger partial charge in [-0.15, -0.1) is 10.2 Å². The molecule has 0 radical (unpaired) electrons. The van der Waals surface area contributed by atoms with Gasteiger partial charge in [-0.05, 0) is 23.8 Å². The van der Waals surface area contributed by atoms with E-state index in [1.807, 2.05) is 30.1 Å². The third-order valence-corrected chi connectivity index (χ3v) is 5.11. The Hall–Kier alpha value is -3.48. The lowest BCUT2D eigenvalue weighted by Gasteiger charge is -2.23. The zero-order valence-corrected chi connectivity index (χ0v) is 15.9. The third kappa shape index (κ3) is 2.94. The average molecular weight is 376 g/mol. The molecular formula is C21H20N4O3. The molecule has 3 aromatic rings. The van der Waals surface area contributed by atoms with Crippen LogP contribution in [0.4, 0.5) is 5.69 Å². The summed E-state index contributed by atoms with van der Waals surface area (Å²) in [5.41, 5.74) is 3.77. The van der Waals surface area contributed by atoms with Crippen LogP contribution in [0.5, 0.6) is 0 Å². The van der Waals surface area contributed by atoms with E-state index >= 15 is 0 Å². The van der Waals surface area contributed by atoms with E-state index in [9.17, 15) is 9.59 Å². The van der Waals surface area contributed by atoms with Crippen LogP contribution in [0.1, 0.15) is 29.8 Å². The monoisotopic (exact) mass is 376 g/mol. The molecule has 7 heteroatoms. The number of hydrogen-bond acceptors (Lipinski definition) is 6. The summed E-state index contributed by atoms with van der Waals surface area (Å²) in [7, 11) is 1.94. The van der Waals surface area contributed by atoms with Gasteiger partial charge in [-0.3, -0.25) is 9.20 Å². The number of esters is 1. The zero-order chi connectivity index (χ0) is 19.9. The van der Waals surface area contributed by atoms with Crippen LogP contribution < -0.4 is 4.90 Å². The van der Waals surface area contributed by atoms with E-state index in [1.54, 1.807) is 28.8 Å². The minimum atomic E-state index is -0.565. The summed E-state index contributed by atoms with van der Waals surface area (Å²) in [6.07, 6.45) is 4.64. The number of hydrogen-bond donors (Lipinski definition) is 0. The minimum absolute atomic E-state index is 0.263. The van der Waals surface area contributed by atoms with E-state index in [1.165, 1.54) is 6.33 Å². The van der Waals surface area contributed by atoms with Gasteiger partial charge >= 0.3 is 5.97 Å². The quantitative estimate of drug-likeness (QED) is 0.515. The zero-order valence-electron chi connectivity index (χ0n) is 15.9. The molecule has 0 bridgehead atoms. The molecule has 1 aliphatic rings. The number of nitrogens with zero attached hydrogens (tertiary/aromatic N) is 4. The fourth-order valence-corrected chi connectivity index (χ4v) is 3.62. The Morgan fingerprint density at radius 1 is 1.18 bits per heavy atom. The van der Waals surface area contributed by atoms with Gasteiger partial charge < -0.3 is 9.64 Å². The molecule has 0 aliphatic carbocycles. The first-order chi connectivity index (χ1) is 13.4. The highest BCUT2D eigenvalue weighted by molar-refractivity contribution is 5.96. The Balaban J connectivity index is 1.47. The number of carbonyl (C=O) groups excluding carboxylic acids is 2. The van der Waals surface area contributed by atoms with Crippen LogP contribution in [0.15, 0.2) is 60.7 Å². The molecule has 0 atom stereocenters. The second-order valence-electron chi connectivity index (χ2n) is 7.29. The van der Waals surface area contributed by atoms with Crippen molar-refractivity contribution in [3.05, 3.63) is 71.8 Å². The van der Waals surface area contributed by atoms with Crippen LogP contribution in [0.3, 0.4) is 0 Å². The summed E-state index contributed by atoms with van der Waals surface area (Å²) in [5.74, 6) is -0.828. The smallest absolute Gasteiger partial charge is 0.340 e. The molecule has 3 heterocycles. The molecule has 0 saturated heterocycles. The average Bonchev–Trinajstić information content (AvgIpc) is 3.23. The van der Waals surface area contributed by atoms with Crippen LogP contribution in [-0.4, -0.2) is 40.0 Å². The Morgan fingerprint density at radius 3 is 2.75 bits per heavy atom. The van der Waals surface area contributed by atoms with Crippen molar-refractivity contribution in [3.63, 3.8) is 0 Å². The molecule has 2 aromatic heterocycles. The first-order valence-corrected chi connectivity index (χ1v) is 8.92. The second-order valence-corrected chi connectivity index (χ2v) is 7.29. The van der Waals surface area contributed by atoms with Gasteiger partial charge in [0.2, 0.25) is 0 Å². The van der Waals surface area contributed by atoms with Gasteiger partial charge in [-0.1, -0.05) is 32.0 Å². The van der Waals surface area contributed by atoms with Crippen molar-refractivity contribution >= 4 is 23.1 Å². The molecule has 0 N–H and O–H groups in total. The Morgan fingerprint density at radius 2 is 1.96 bits per heavy atom. The normalized spacial score (nSPS) is 16.4. The molecular weight excluding hydrogens is 356 g/mol. The van der Waals surface area contributed by atoms with Gasteiger partial charge in [-0.2, -0.15) is 0 Å². The SMILES string of the molecule is CN1/C(=C/C(=O)COC(=O)c2ccc3nncn3c2)C(C)(C)c2ccccc21. The number of benzene rings is 1. The number of fused-ring (bicyclic) bond motifs is 2. The Kier molecular flexibility index (Phi) is 4.22. The molecule has 0 unspecified atom stereocenters. The van der Waals surface area contributed by atoms with E-state index in [4.69, 9.17) is 4.74 Å². The fourth-order valence-electron chi connectivity index (χ4n) is 3.62. The van der Waals surface area contributed by atoms with Crippen molar-refractivity contribution in [2.45, 2.75) is 19.3 Å². The topological polar surface area (TPSA) is 76.8 Å². The van der Waals surface area contributed by atoms with Gasteiger partial charge in [-0.25, -0.2) is 4.79 Å². The number of anilines is 1. The fraction of sp³-hybridized carbons (Fsp3) is 0.238. The summed E-state index contributed by atoms with van der Waals surface area (Å²) in [6, 6.07) is 11.3. The van der Waals surface area contributed by atoms with Gasteiger partial charge in [0, 0.05) is 36.1 Å². The molecule has 4 rings (SSSR count). The van der Waals surface area contributed by atoms with Crippen molar-refractivity contribution < 1.29 is 14.3 Å². The summed E-state index contributed by atoms with van der Waals surface area (Å²) in [5, 5.41) is 7.65. The first kappa shape index (κ1) is 17.9. The molecule has 1 aromatic carbocycles. The number of likely N-dealkylation sites (N-methyl/N-ethyl adjacent to an activating group) is 1. The number of rotatable bonds is 4. The number of para-hydroxylation sites is 1. The molecule has 0 amide bonds. The standard InChI is InChI=1S/C21H20N4O3/c1-21(2)16-6-4-5-7-17(16)24(3)18(21)10-15(26)12-28-20(27)14-8-9-19-23-22-13-25(19)11-14/h4-11,13H,12H2,1-3H3/b18-10+. The van der Waals surface area contributed by atoms with Crippen molar-refractivity contribution in [2.24, 2.45) is 0 Å². The van der Waals surface area contributed by atoms with Crippen molar-refractivity contribution in [3.8, 4) is 0 Å². The Bertz CT molecular complexity index is 1110. The van der Waals surface area contributed by atoms with Crippen molar-refractivity contribution in [2.75, 3.05) is 18.6 Å². The lowest BCUT2D eigenvalue weighted by Crippen LogP contribution is -2.25. The molecule has 142 valence electrons. The maximum atomic E-state index is 12.5. The molecule has 1 aliphatic heterocycles. The van der Waals surface area contributed by atoms with Gasteiger partial charge in [0.05, 0.1) is 5.56 Å². The number of allylic oxidation sites excluding steroid dienone is 1. The van der Waals surface area contributed by atoms with E-state index in [0.717, 1.165) is 16.9 Å². The van der Waals surface area contributed by atoms with E-state index in [2.05, 4.69) is 30.1 Å². The van der Waals surface area contributed by atoms with Crippen molar-refractivity contribution in [1.29, 1.82) is 0 Å². The van der Waals surface area contributed by atoms with Gasteiger partial charge in [0.15, 0.2) is 18.0 Å². The van der Waals surface area contributed by atoms with E-state index in [0.29, 0.717) is 11.2 Å². The van der Waals surface area contributed by atoms with Crippen molar-refractivity contribution in [1.82, 2.24) is 14.6 Å². The number of carbonyl (C=O) groups is 2. The molecule has 0 fully saturated rings. The molecule has 28 heavy (non-hydrogen) atoms.